The predicted octanol–water partition coefficient (Wildman–Crippen LogP) is 2.33. The van der Waals surface area contributed by atoms with E-state index in [1.807, 2.05) is 32.0 Å². The van der Waals surface area contributed by atoms with Crippen LogP contribution in [0.5, 0.6) is 5.75 Å². The summed E-state index contributed by atoms with van der Waals surface area (Å²) in [7, 11) is 1.60. The maximum atomic E-state index is 12.6. The molecule has 0 aromatic heterocycles. The van der Waals surface area contributed by atoms with Crippen LogP contribution in [-0.4, -0.2) is 25.0 Å². The zero-order valence-electron chi connectivity index (χ0n) is 10.7. The van der Waals surface area contributed by atoms with Crippen molar-refractivity contribution in [1.29, 1.82) is 0 Å². The number of ketones is 1. The number of hydrogen-bond donors (Lipinski definition) is 1. The summed E-state index contributed by atoms with van der Waals surface area (Å²) in [5, 5.41) is 3.30. The Morgan fingerprint density at radius 2 is 2.24 bits per heavy atom. The summed E-state index contributed by atoms with van der Waals surface area (Å²) in [4.78, 5) is 12.6. The highest BCUT2D eigenvalue weighted by Gasteiger charge is 2.37. The first-order valence-corrected chi connectivity index (χ1v) is 6.01. The lowest BCUT2D eigenvalue weighted by molar-refractivity contribution is 0.0881. The first-order valence-electron chi connectivity index (χ1n) is 6.01. The van der Waals surface area contributed by atoms with Crippen molar-refractivity contribution >= 4 is 5.78 Å². The van der Waals surface area contributed by atoms with Crippen LogP contribution < -0.4 is 10.1 Å². The molecule has 1 aliphatic heterocycles. The molecule has 3 heteroatoms. The van der Waals surface area contributed by atoms with Crippen LogP contribution in [0.2, 0.25) is 0 Å². The normalized spacial score (nSPS) is 23.7. The summed E-state index contributed by atoms with van der Waals surface area (Å²) in [5.74, 6) is 0.797. The Morgan fingerprint density at radius 1 is 1.47 bits per heavy atom. The molecular formula is C14H19NO2. The van der Waals surface area contributed by atoms with Gasteiger partial charge in [0.2, 0.25) is 0 Å². The van der Waals surface area contributed by atoms with Crippen LogP contribution in [0.4, 0.5) is 0 Å². The van der Waals surface area contributed by atoms with E-state index >= 15 is 0 Å². The molecule has 0 spiro atoms. The van der Waals surface area contributed by atoms with Gasteiger partial charge < -0.3 is 10.1 Å². The third kappa shape index (κ3) is 2.20. The molecule has 1 fully saturated rings. The molecule has 0 amide bonds. The predicted molar refractivity (Wildman–Crippen MR) is 67.7 cm³/mol. The number of aryl methyl sites for hydroxylation is 1. The van der Waals surface area contributed by atoms with E-state index in [2.05, 4.69) is 5.32 Å². The molecule has 1 saturated heterocycles. The van der Waals surface area contributed by atoms with Gasteiger partial charge in [-0.25, -0.2) is 0 Å². The van der Waals surface area contributed by atoms with E-state index in [-0.39, 0.29) is 5.78 Å². The Kier molecular flexibility index (Phi) is 3.20. The van der Waals surface area contributed by atoms with E-state index < -0.39 is 5.54 Å². The van der Waals surface area contributed by atoms with Gasteiger partial charge in [0.25, 0.3) is 0 Å². The lowest BCUT2D eigenvalue weighted by Crippen LogP contribution is -2.44. The average molecular weight is 233 g/mol. The van der Waals surface area contributed by atoms with Crippen molar-refractivity contribution in [1.82, 2.24) is 5.32 Å². The van der Waals surface area contributed by atoms with Gasteiger partial charge >= 0.3 is 0 Å². The third-order valence-corrected chi connectivity index (χ3v) is 3.47. The van der Waals surface area contributed by atoms with Crippen molar-refractivity contribution in [3.05, 3.63) is 29.3 Å². The van der Waals surface area contributed by atoms with Gasteiger partial charge in [-0.1, -0.05) is 11.6 Å². The quantitative estimate of drug-likeness (QED) is 0.814. The van der Waals surface area contributed by atoms with Gasteiger partial charge in [0.1, 0.15) is 5.75 Å². The number of carbonyl (C=O) groups is 1. The molecule has 1 aromatic carbocycles. The maximum Gasteiger partial charge on any atom is 0.186 e. The van der Waals surface area contributed by atoms with E-state index in [4.69, 9.17) is 4.74 Å². The zero-order chi connectivity index (χ0) is 12.5. The molecule has 17 heavy (non-hydrogen) atoms. The molecule has 1 atom stereocenters. The van der Waals surface area contributed by atoms with E-state index in [1.165, 1.54) is 0 Å². The number of methoxy groups -OCH3 is 1. The molecule has 0 aliphatic carbocycles. The van der Waals surface area contributed by atoms with Gasteiger partial charge in [-0.2, -0.15) is 0 Å². The number of benzene rings is 1. The van der Waals surface area contributed by atoms with Gasteiger partial charge in [-0.15, -0.1) is 0 Å². The number of carbonyl (C=O) groups excluding carboxylic acids is 1. The van der Waals surface area contributed by atoms with E-state index in [9.17, 15) is 4.79 Å². The van der Waals surface area contributed by atoms with Gasteiger partial charge in [-0.05, 0) is 45.4 Å². The van der Waals surface area contributed by atoms with Crippen molar-refractivity contribution in [2.24, 2.45) is 0 Å². The third-order valence-electron chi connectivity index (χ3n) is 3.47. The Bertz CT molecular complexity index is 434. The Labute approximate surface area is 102 Å². The van der Waals surface area contributed by atoms with Gasteiger partial charge in [0.05, 0.1) is 18.2 Å². The van der Waals surface area contributed by atoms with Crippen molar-refractivity contribution in [2.75, 3.05) is 13.7 Å². The topological polar surface area (TPSA) is 38.3 Å². The van der Waals surface area contributed by atoms with Crippen LogP contribution in [-0.2, 0) is 0 Å². The van der Waals surface area contributed by atoms with Crippen molar-refractivity contribution in [2.45, 2.75) is 32.2 Å². The lowest BCUT2D eigenvalue weighted by atomic mass is 9.89. The van der Waals surface area contributed by atoms with Crippen LogP contribution in [0.1, 0.15) is 35.7 Å². The van der Waals surface area contributed by atoms with Crippen LogP contribution in [0.3, 0.4) is 0 Å². The number of Topliss-reactive ketones (excluding diaryl/α,β-unsaturated/α-hetero) is 1. The Hall–Kier alpha value is -1.35. The summed E-state index contributed by atoms with van der Waals surface area (Å²) in [6.07, 6.45) is 1.94. The fraction of sp³-hybridized carbons (Fsp3) is 0.500. The Morgan fingerprint density at radius 3 is 2.82 bits per heavy atom. The molecule has 1 aromatic rings. The Balaban J connectivity index is 2.39. The summed E-state index contributed by atoms with van der Waals surface area (Å²) in [6.45, 7) is 4.88. The van der Waals surface area contributed by atoms with Gasteiger partial charge in [-0.3, -0.25) is 4.79 Å². The monoisotopic (exact) mass is 233 g/mol. The number of hydrogen-bond acceptors (Lipinski definition) is 3. The van der Waals surface area contributed by atoms with Gasteiger partial charge in [0, 0.05) is 0 Å². The molecule has 3 nitrogen and oxygen atoms in total. The number of rotatable bonds is 3. The smallest absolute Gasteiger partial charge is 0.186 e. The van der Waals surface area contributed by atoms with Crippen molar-refractivity contribution in [3.63, 3.8) is 0 Å². The summed E-state index contributed by atoms with van der Waals surface area (Å²) in [6, 6.07) is 5.73. The molecule has 2 rings (SSSR count). The molecule has 1 aliphatic rings. The summed E-state index contributed by atoms with van der Waals surface area (Å²) in [5.41, 5.74) is 1.33. The molecule has 0 radical (unpaired) electrons. The highest BCUT2D eigenvalue weighted by atomic mass is 16.5. The standard InChI is InChI=1S/C14H19NO2/c1-10-5-6-12(17-3)11(9-10)13(16)14(2)7-4-8-15-14/h5-6,9,15H,4,7-8H2,1-3H3. The molecular weight excluding hydrogens is 214 g/mol. The minimum Gasteiger partial charge on any atom is -0.496 e. The largest absolute Gasteiger partial charge is 0.496 e. The van der Waals surface area contributed by atoms with Crippen molar-refractivity contribution < 1.29 is 9.53 Å². The lowest BCUT2D eigenvalue weighted by Gasteiger charge is -2.23. The van der Waals surface area contributed by atoms with Gasteiger partial charge in [0.15, 0.2) is 5.78 Å². The van der Waals surface area contributed by atoms with E-state index in [0.29, 0.717) is 11.3 Å². The second-order valence-corrected chi connectivity index (χ2v) is 4.90. The minimum atomic E-state index is -0.429. The van der Waals surface area contributed by atoms with E-state index in [0.717, 1.165) is 24.9 Å². The first kappa shape index (κ1) is 12.1. The molecule has 1 heterocycles. The van der Waals surface area contributed by atoms with Crippen LogP contribution in [0, 0.1) is 6.92 Å². The average Bonchev–Trinajstić information content (AvgIpc) is 2.76. The fourth-order valence-electron chi connectivity index (χ4n) is 2.38. The second-order valence-electron chi connectivity index (χ2n) is 4.90. The van der Waals surface area contributed by atoms with Crippen molar-refractivity contribution in [3.8, 4) is 5.75 Å². The van der Waals surface area contributed by atoms with Crippen LogP contribution in [0.25, 0.3) is 0 Å². The molecule has 1 unspecified atom stereocenters. The van der Waals surface area contributed by atoms with E-state index in [1.54, 1.807) is 7.11 Å². The number of nitrogens with one attached hydrogen (secondary N) is 1. The maximum absolute atomic E-state index is 12.6. The van der Waals surface area contributed by atoms with Crippen LogP contribution in [0.15, 0.2) is 18.2 Å². The van der Waals surface area contributed by atoms with Crippen LogP contribution >= 0.6 is 0 Å². The fourth-order valence-corrected chi connectivity index (χ4v) is 2.38. The number of ether oxygens (including phenoxy) is 1. The second kappa shape index (κ2) is 4.49. The SMILES string of the molecule is COc1ccc(C)cc1C(=O)C1(C)CCCN1. The zero-order valence-corrected chi connectivity index (χ0v) is 10.7. The summed E-state index contributed by atoms with van der Waals surface area (Å²) < 4.78 is 5.28. The summed E-state index contributed by atoms with van der Waals surface area (Å²) >= 11 is 0. The molecule has 0 bridgehead atoms. The minimum absolute atomic E-state index is 0.135. The molecule has 0 saturated carbocycles. The first-order chi connectivity index (χ1) is 8.07. The molecule has 92 valence electrons. The highest BCUT2D eigenvalue weighted by Crippen LogP contribution is 2.28. The molecule has 1 N–H and O–H groups in total. The highest BCUT2D eigenvalue weighted by molar-refractivity contribution is 6.05.